The molecule has 98 valence electrons. The smallest absolute Gasteiger partial charge is 0.335 e. The number of aryl methyl sites for hydroxylation is 1. The Labute approximate surface area is 110 Å². The third kappa shape index (κ3) is 2.23. The third-order valence-corrected chi connectivity index (χ3v) is 3.50. The van der Waals surface area contributed by atoms with E-state index in [0.717, 1.165) is 30.8 Å². The summed E-state index contributed by atoms with van der Waals surface area (Å²) in [5.41, 5.74) is 1.14. The largest absolute Gasteiger partial charge is 0.478 e. The molecule has 3 rings (SSSR count). The summed E-state index contributed by atoms with van der Waals surface area (Å²) in [6.45, 7) is 3.14. The van der Waals surface area contributed by atoms with E-state index in [0.29, 0.717) is 11.7 Å². The highest BCUT2D eigenvalue weighted by Gasteiger charge is 2.19. The van der Waals surface area contributed by atoms with Gasteiger partial charge in [0.2, 0.25) is 0 Å². The summed E-state index contributed by atoms with van der Waals surface area (Å²) in [5, 5.41) is 13.4. The zero-order chi connectivity index (χ0) is 13.4. The van der Waals surface area contributed by atoms with Gasteiger partial charge in [-0.3, -0.25) is 0 Å². The lowest BCUT2D eigenvalue weighted by molar-refractivity contribution is 0.0697. The van der Waals surface area contributed by atoms with Crippen LogP contribution in [0.25, 0.3) is 11.4 Å². The molecule has 0 fully saturated rings. The van der Waals surface area contributed by atoms with Gasteiger partial charge in [-0.15, -0.1) is 0 Å². The minimum atomic E-state index is -0.919. The van der Waals surface area contributed by atoms with Crippen molar-refractivity contribution in [3.8, 4) is 11.4 Å². The number of carbonyl (C=O) groups is 1. The summed E-state index contributed by atoms with van der Waals surface area (Å²) in [4.78, 5) is 15.4. The Hall–Kier alpha value is -2.17. The van der Waals surface area contributed by atoms with Crippen molar-refractivity contribution in [3.05, 3.63) is 35.7 Å². The van der Waals surface area contributed by atoms with Crippen LogP contribution in [0, 0.1) is 5.92 Å². The number of rotatable bonds is 2. The molecule has 5 heteroatoms. The summed E-state index contributed by atoms with van der Waals surface area (Å²) in [7, 11) is 0. The molecule has 1 aromatic heterocycles. The number of carboxylic acids is 1. The second kappa shape index (κ2) is 4.50. The standard InChI is InChI=1S/C14H15N3O2/c1-9-6-7-17-12(8-9)15-13(16-17)10-2-4-11(5-3-10)14(18)19/h2-5,9H,6-8H2,1H3,(H,18,19). The van der Waals surface area contributed by atoms with Crippen LogP contribution < -0.4 is 0 Å². The summed E-state index contributed by atoms with van der Waals surface area (Å²) < 4.78 is 1.96. The Morgan fingerprint density at radius 2 is 2.11 bits per heavy atom. The molecule has 0 saturated heterocycles. The van der Waals surface area contributed by atoms with Gasteiger partial charge in [0.25, 0.3) is 0 Å². The summed E-state index contributed by atoms with van der Waals surface area (Å²) in [5.74, 6) is 1.44. The first-order valence-corrected chi connectivity index (χ1v) is 6.41. The maximum Gasteiger partial charge on any atom is 0.335 e. The predicted octanol–water partition coefficient (Wildman–Crippen LogP) is 2.23. The molecule has 19 heavy (non-hydrogen) atoms. The molecule has 1 aliphatic rings. The van der Waals surface area contributed by atoms with Gasteiger partial charge in [0, 0.05) is 18.5 Å². The summed E-state index contributed by atoms with van der Waals surface area (Å²) in [6.07, 6.45) is 2.09. The molecule has 0 radical (unpaired) electrons. The van der Waals surface area contributed by atoms with E-state index < -0.39 is 5.97 Å². The molecule has 2 aromatic rings. The Bertz CT molecular complexity index is 616. The molecule has 0 bridgehead atoms. The van der Waals surface area contributed by atoms with E-state index in [4.69, 9.17) is 5.11 Å². The minimum Gasteiger partial charge on any atom is -0.478 e. The first-order chi connectivity index (χ1) is 9.13. The monoisotopic (exact) mass is 257 g/mol. The first-order valence-electron chi connectivity index (χ1n) is 6.41. The van der Waals surface area contributed by atoms with E-state index in [2.05, 4.69) is 17.0 Å². The Kier molecular flexibility index (Phi) is 2.81. The summed E-state index contributed by atoms with van der Waals surface area (Å²) in [6, 6.07) is 6.68. The van der Waals surface area contributed by atoms with Crippen molar-refractivity contribution in [3.63, 3.8) is 0 Å². The summed E-state index contributed by atoms with van der Waals surface area (Å²) >= 11 is 0. The fourth-order valence-corrected chi connectivity index (χ4v) is 2.35. The van der Waals surface area contributed by atoms with E-state index in [-0.39, 0.29) is 5.56 Å². The fourth-order valence-electron chi connectivity index (χ4n) is 2.35. The highest BCUT2D eigenvalue weighted by atomic mass is 16.4. The molecule has 1 atom stereocenters. The van der Waals surface area contributed by atoms with Gasteiger partial charge in [0.1, 0.15) is 5.82 Å². The van der Waals surface area contributed by atoms with E-state index in [1.807, 2.05) is 4.68 Å². The average molecular weight is 257 g/mol. The van der Waals surface area contributed by atoms with Gasteiger partial charge in [-0.05, 0) is 24.5 Å². The van der Waals surface area contributed by atoms with Gasteiger partial charge in [-0.2, -0.15) is 5.10 Å². The van der Waals surface area contributed by atoms with Crippen LogP contribution in [0.15, 0.2) is 24.3 Å². The Morgan fingerprint density at radius 3 is 2.79 bits per heavy atom. The van der Waals surface area contributed by atoms with Crippen LogP contribution in [0.5, 0.6) is 0 Å². The lowest BCUT2D eigenvalue weighted by atomic mass is 10.0. The molecular formula is C14H15N3O2. The maximum absolute atomic E-state index is 10.8. The minimum absolute atomic E-state index is 0.279. The van der Waals surface area contributed by atoms with Crippen LogP contribution in [-0.2, 0) is 13.0 Å². The molecule has 2 heterocycles. The number of nitrogens with zero attached hydrogens (tertiary/aromatic N) is 3. The number of aromatic carboxylic acids is 1. The van der Waals surface area contributed by atoms with Crippen LogP contribution in [0.4, 0.5) is 0 Å². The van der Waals surface area contributed by atoms with Crippen LogP contribution in [-0.4, -0.2) is 25.8 Å². The highest BCUT2D eigenvalue weighted by Crippen LogP contribution is 2.22. The second-order valence-electron chi connectivity index (χ2n) is 5.06. The normalized spacial score (nSPS) is 18.1. The number of carboxylic acid groups (broad SMARTS) is 1. The van der Waals surface area contributed by atoms with Crippen molar-refractivity contribution in [2.75, 3.05) is 0 Å². The van der Waals surface area contributed by atoms with Crippen molar-refractivity contribution in [2.45, 2.75) is 26.3 Å². The first kappa shape index (κ1) is 11.9. The zero-order valence-electron chi connectivity index (χ0n) is 10.7. The average Bonchev–Trinajstić information content (AvgIpc) is 2.81. The number of benzene rings is 1. The maximum atomic E-state index is 10.8. The number of hydrogen-bond donors (Lipinski definition) is 1. The molecular weight excluding hydrogens is 242 g/mol. The molecule has 1 unspecified atom stereocenters. The van der Waals surface area contributed by atoms with E-state index >= 15 is 0 Å². The number of hydrogen-bond acceptors (Lipinski definition) is 3. The molecule has 0 aliphatic carbocycles. The van der Waals surface area contributed by atoms with Crippen molar-refractivity contribution >= 4 is 5.97 Å². The second-order valence-corrected chi connectivity index (χ2v) is 5.06. The van der Waals surface area contributed by atoms with Crippen molar-refractivity contribution in [1.82, 2.24) is 14.8 Å². The molecule has 1 aromatic carbocycles. The third-order valence-electron chi connectivity index (χ3n) is 3.50. The predicted molar refractivity (Wildman–Crippen MR) is 69.9 cm³/mol. The lowest BCUT2D eigenvalue weighted by Crippen LogP contribution is -2.18. The fraction of sp³-hybridized carbons (Fsp3) is 0.357. The molecule has 5 nitrogen and oxygen atoms in total. The zero-order valence-corrected chi connectivity index (χ0v) is 10.7. The van der Waals surface area contributed by atoms with Crippen molar-refractivity contribution < 1.29 is 9.90 Å². The van der Waals surface area contributed by atoms with E-state index in [1.165, 1.54) is 0 Å². The van der Waals surface area contributed by atoms with Gasteiger partial charge in [-0.25, -0.2) is 14.5 Å². The molecule has 1 N–H and O–H groups in total. The molecule has 0 saturated carbocycles. The van der Waals surface area contributed by atoms with Gasteiger partial charge in [-0.1, -0.05) is 19.1 Å². The van der Waals surface area contributed by atoms with E-state index in [9.17, 15) is 4.79 Å². The van der Waals surface area contributed by atoms with Crippen LogP contribution in [0.2, 0.25) is 0 Å². The van der Waals surface area contributed by atoms with Crippen LogP contribution in [0.3, 0.4) is 0 Å². The lowest BCUT2D eigenvalue weighted by Gasteiger charge is -2.17. The van der Waals surface area contributed by atoms with Gasteiger partial charge < -0.3 is 5.11 Å². The van der Waals surface area contributed by atoms with Crippen LogP contribution >= 0.6 is 0 Å². The topological polar surface area (TPSA) is 68.0 Å². The van der Waals surface area contributed by atoms with Gasteiger partial charge in [0.15, 0.2) is 5.82 Å². The van der Waals surface area contributed by atoms with Gasteiger partial charge >= 0.3 is 5.97 Å². The van der Waals surface area contributed by atoms with Gasteiger partial charge in [0.05, 0.1) is 5.56 Å². The highest BCUT2D eigenvalue weighted by molar-refractivity contribution is 5.88. The SMILES string of the molecule is CC1CCn2nc(-c3ccc(C(=O)O)cc3)nc2C1. The molecule has 1 aliphatic heterocycles. The Morgan fingerprint density at radius 1 is 1.37 bits per heavy atom. The molecule has 0 amide bonds. The van der Waals surface area contributed by atoms with Crippen LogP contribution in [0.1, 0.15) is 29.5 Å². The van der Waals surface area contributed by atoms with Crippen molar-refractivity contribution in [1.29, 1.82) is 0 Å². The quantitative estimate of drug-likeness (QED) is 0.895. The number of fused-ring (bicyclic) bond motifs is 1. The number of aromatic nitrogens is 3. The van der Waals surface area contributed by atoms with Crippen molar-refractivity contribution in [2.24, 2.45) is 5.92 Å². The Balaban J connectivity index is 1.92. The van der Waals surface area contributed by atoms with E-state index in [1.54, 1.807) is 24.3 Å². The molecule has 0 spiro atoms.